The maximum atomic E-state index is 12.6. The number of amides is 1. The highest BCUT2D eigenvalue weighted by Gasteiger charge is 2.20. The first kappa shape index (κ1) is 20.9. The van der Waals surface area contributed by atoms with Crippen LogP contribution in [0.3, 0.4) is 0 Å². The molecule has 160 valence electrons. The van der Waals surface area contributed by atoms with E-state index in [1.165, 1.54) is 16.3 Å². The van der Waals surface area contributed by atoms with Crippen molar-refractivity contribution >= 4 is 34.3 Å². The Balaban J connectivity index is 1.47. The molecule has 0 fully saturated rings. The van der Waals surface area contributed by atoms with E-state index in [1.807, 2.05) is 53.8 Å². The first-order valence-electron chi connectivity index (χ1n) is 9.89. The topological polar surface area (TPSA) is 90.5 Å². The maximum absolute atomic E-state index is 12.6. The fourth-order valence-electron chi connectivity index (χ4n) is 3.37. The van der Waals surface area contributed by atoms with E-state index in [2.05, 4.69) is 15.5 Å². The van der Waals surface area contributed by atoms with Gasteiger partial charge in [0.15, 0.2) is 5.16 Å². The molecule has 1 unspecified atom stereocenters. The Bertz CT molecular complexity index is 1300. The third-order valence-electron chi connectivity index (χ3n) is 5.12. The number of ether oxygens (including phenoxy) is 1. The quantitative estimate of drug-likeness (QED) is 0.447. The summed E-state index contributed by atoms with van der Waals surface area (Å²) in [6.07, 6.45) is 0.730. The largest absolute Gasteiger partial charge is 0.497 e. The van der Waals surface area contributed by atoms with Crippen molar-refractivity contribution in [2.24, 2.45) is 7.05 Å². The van der Waals surface area contributed by atoms with Gasteiger partial charge in [-0.05, 0) is 43.2 Å². The molecule has 0 saturated heterocycles. The first-order valence-corrected chi connectivity index (χ1v) is 10.8. The lowest BCUT2D eigenvalue weighted by atomic mass is 10.1. The highest BCUT2D eigenvalue weighted by Crippen LogP contribution is 2.24. The first-order chi connectivity index (χ1) is 15.0. The Morgan fingerprint density at radius 2 is 1.90 bits per heavy atom. The molecule has 2 aromatic carbocycles. The molecule has 0 aliphatic carbocycles. The van der Waals surface area contributed by atoms with Crippen molar-refractivity contribution in [3.8, 4) is 5.75 Å². The number of para-hydroxylation sites is 1. The molecule has 1 atom stereocenters. The van der Waals surface area contributed by atoms with Gasteiger partial charge < -0.3 is 10.1 Å². The zero-order valence-electron chi connectivity index (χ0n) is 17.5. The molecule has 31 heavy (non-hydrogen) atoms. The number of hydrogen-bond donors (Lipinski definition) is 1. The lowest BCUT2D eigenvalue weighted by Gasteiger charge is -2.12. The summed E-state index contributed by atoms with van der Waals surface area (Å²) in [5.41, 5.74) is 1.72. The minimum Gasteiger partial charge on any atom is -0.497 e. The molecule has 1 amide bonds. The second-order valence-electron chi connectivity index (χ2n) is 7.15. The van der Waals surface area contributed by atoms with Crippen molar-refractivity contribution in [3.05, 3.63) is 64.4 Å². The Kier molecular flexibility index (Phi) is 5.94. The Morgan fingerprint density at radius 1 is 1.16 bits per heavy atom. The summed E-state index contributed by atoms with van der Waals surface area (Å²) < 4.78 is 8.45. The monoisotopic (exact) mass is 437 g/mol. The van der Waals surface area contributed by atoms with Gasteiger partial charge in [-0.25, -0.2) is 0 Å². The number of carbonyl (C=O) groups excluding carboxylic acids is 1. The van der Waals surface area contributed by atoms with Crippen LogP contribution in [0, 0.1) is 0 Å². The van der Waals surface area contributed by atoms with Crippen molar-refractivity contribution < 1.29 is 9.53 Å². The van der Waals surface area contributed by atoms with Crippen LogP contribution in [-0.4, -0.2) is 44.0 Å². The summed E-state index contributed by atoms with van der Waals surface area (Å²) in [7, 11) is 3.30. The number of aryl methyl sites for hydroxylation is 1. The third-order valence-corrected chi connectivity index (χ3v) is 6.16. The van der Waals surface area contributed by atoms with Gasteiger partial charge >= 0.3 is 0 Å². The third kappa shape index (κ3) is 4.13. The highest BCUT2D eigenvalue weighted by atomic mass is 32.2. The normalized spacial score (nSPS) is 12.2. The minimum absolute atomic E-state index is 0.0793. The van der Waals surface area contributed by atoms with Crippen molar-refractivity contribution in [1.29, 1.82) is 0 Å². The predicted octanol–water partition coefficient (Wildman–Crippen LogP) is 2.43. The number of aromatic nitrogens is 4. The minimum atomic E-state index is -0.376. The molecule has 8 nitrogen and oxygen atoms in total. The summed E-state index contributed by atoms with van der Waals surface area (Å²) in [6, 6.07) is 15.1. The maximum Gasteiger partial charge on any atom is 0.262 e. The molecule has 2 heterocycles. The van der Waals surface area contributed by atoms with Crippen LogP contribution in [0.5, 0.6) is 5.75 Å². The van der Waals surface area contributed by atoms with E-state index in [0.29, 0.717) is 22.9 Å². The number of thioether (sulfide) groups is 1. The van der Waals surface area contributed by atoms with Gasteiger partial charge in [0, 0.05) is 13.6 Å². The van der Waals surface area contributed by atoms with E-state index in [4.69, 9.17) is 4.74 Å². The smallest absolute Gasteiger partial charge is 0.262 e. The average molecular weight is 438 g/mol. The van der Waals surface area contributed by atoms with E-state index in [9.17, 15) is 9.59 Å². The Labute approximate surface area is 183 Å². The standard InChI is InChI=1S/C22H23N5O3S/c1-14(19(28)23-13-12-15-8-10-16(30-3)11-9-15)31-22-25-24-21-26(2)20(29)17-6-4-5-7-18(17)27(21)22/h4-11,14H,12-13H2,1-3H3,(H,23,28). The summed E-state index contributed by atoms with van der Waals surface area (Å²) in [6.45, 7) is 2.37. The number of nitrogens with one attached hydrogen (secondary N) is 1. The van der Waals surface area contributed by atoms with Crippen LogP contribution in [0.1, 0.15) is 12.5 Å². The Morgan fingerprint density at radius 3 is 2.65 bits per heavy atom. The van der Waals surface area contributed by atoms with Gasteiger partial charge in [-0.15, -0.1) is 10.2 Å². The van der Waals surface area contributed by atoms with Crippen LogP contribution in [0.15, 0.2) is 58.5 Å². The molecule has 9 heteroatoms. The molecule has 4 aromatic rings. The number of methoxy groups -OCH3 is 1. The molecule has 1 N–H and O–H groups in total. The predicted molar refractivity (Wildman–Crippen MR) is 121 cm³/mol. The number of carbonyl (C=O) groups is 1. The molecule has 0 saturated carbocycles. The fourth-order valence-corrected chi connectivity index (χ4v) is 4.25. The Hall–Kier alpha value is -3.33. The van der Waals surface area contributed by atoms with Gasteiger partial charge in [-0.3, -0.25) is 18.6 Å². The molecular weight excluding hydrogens is 414 g/mol. The van der Waals surface area contributed by atoms with Gasteiger partial charge in [-0.2, -0.15) is 0 Å². The van der Waals surface area contributed by atoms with Crippen molar-refractivity contribution in [1.82, 2.24) is 24.5 Å². The zero-order valence-corrected chi connectivity index (χ0v) is 18.3. The van der Waals surface area contributed by atoms with Crippen LogP contribution in [-0.2, 0) is 18.3 Å². The molecular formula is C22H23N5O3S. The zero-order chi connectivity index (χ0) is 22.0. The van der Waals surface area contributed by atoms with Gasteiger partial charge in [0.25, 0.3) is 5.56 Å². The summed E-state index contributed by atoms with van der Waals surface area (Å²) in [4.78, 5) is 25.2. The molecule has 0 aliphatic rings. The summed E-state index contributed by atoms with van der Waals surface area (Å²) in [5.74, 6) is 1.17. The van der Waals surface area contributed by atoms with E-state index in [0.717, 1.165) is 23.3 Å². The molecule has 0 aliphatic heterocycles. The van der Waals surface area contributed by atoms with E-state index >= 15 is 0 Å². The average Bonchev–Trinajstić information content (AvgIpc) is 3.21. The molecule has 0 radical (unpaired) electrons. The summed E-state index contributed by atoms with van der Waals surface area (Å²) >= 11 is 1.31. The lowest BCUT2D eigenvalue weighted by molar-refractivity contribution is -0.120. The number of nitrogens with zero attached hydrogens (tertiary/aromatic N) is 4. The van der Waals surface area contributed by atoms with Gasteiger partial charge in [0.05, 0.1) is 23.3 Å². The van der Waals surface area contributed by atoms with Gasteiger partial charge in [0.2, 0.25) is 11.7 Å². The van der Waals surface area contributed by atoms with Crippen LogP contribution in [0.2, 0.25) is 0 Å². The summed E-state index contributed by atoms with van der Waals surface area (Å²) in [5, 5.41) is 12.2. The molecule has 2 aromatic heterocycles. The second-order valence-corrected chi connectivity index (χ2v) is 8.46. The van der Waals surface area contributed by atoms with Crippen LogP contribution in [0.4, 0.5) is 0 Å². The molecule has 0 spiro atoms. The van der Waals surface area contributed by atoms with E-state index < -0.39 is 0 Å². The number of benzene rings is 2. The number of rotatable bonds is 7. The van der Waals surface area contributed by atoms with Crippen LogP contribution < -0.4 is 15.6 Å². The van der Waals surface area contributed by atoms with Gasteiger partial charge in [-0.1, -0.05) is 36.0 Å². The van der Waals surface area contributed by atoms with Crippen LogP contribution in [0.25, 0.3) is 16.7 Å². The SMILES string of the molecule is COc1ccc(CCNC(=O)C(C)Sc2nnc3n(C)c(=O)c4ccccc4n23)cc1. The van der Waals surface area contributed by atoms with E-state index in [-0.39, 0.29) is 16.7 Å². The number of fused-ring (bicyclic) bond motifs is 3. The highest BCUT2D eigenvalue weighted by molar-refractivity contribution is 8.00. The molecule has 0 bridgehead atoms. The van der Waals surface area contributed by atoms with Crippen LogP contribution >= 0.6 is 11.8 Å². The lowest BCUT2D eigenvalue weighted by Crippen LogP contribution is -2.32. The second kappa shape index (κ2) is 8.81. The van der Waals surface area contributed by atoms with Crippen molar-refractivity contribution in [2.75, 3.05) is 13.7 Å². The number of hydrogen-bond acceptors (Lipinski definition) is 6. The van der Waals surface area contributed by atoms with Crippen molar-refractivity contribution in [2.45, 2.75) is 23.8 Å². The fraction of sp³-hybridized carbons (Fsp3) is 0.273. The van der Waals surface area contributed by atoms with Gasteiger partial charge in [0.1, 0.15) is 5.75 Å². The van der Waals surface area contributed by atoms with E-state index in [1.54, 1.807) is 20.2 Å². The van der Waals surface area contributed by atoms with Crippen molar-refractivity contribution in [3.63, 3.8) is 0 Å². The molecule has 4 rings (SSSR count).